The summed E-state index contributed by atoms with van der Waals surface area (Å²) >= 11 is 6.02. The first-order valence-corrected chi connectivity index (χ1v) is 13.2. The number of rotatable bonds is 10. The molecular weight excluding hydrogens is 472 g/mol. The first-order chi connectivity index (χ1) is 16.2. The summed E-state index contributed by atoms with van der Waals surface area (Å²) in [6.07, 6.45) is 2.14. The molecule has 0 aromatic heterocycles. The second-order valence-electron chi connectivity index (χ2n) is 8.00. The molecule has 0 radical (unpaired) electrons. The SMILES string of the molecule is CCc1ccc(OCCNC(=O)c2ccc(CN(c3ccc(Cl)cc3C)S(C)(=O)=O)cc2)cc1. The highest BCUT2D eigenvalue weighted by Gasteiger charge is 2.20. The van der Waals surface area contributed by atoms with E-state index in [1.807, 2.05) is 31.2 Å². The molecule has 0 unspecified atom stereocenters. The smallest absolute Gasteiger partial charge is 0.251 e. The largest absolute Gasteiger partial charge is 0.492 e. The van der Waals surface area contributed by atoms with Gasteiger partial charge >= 0.3 is 0 Å². The van der Waals surface area contributed by atoms with Gasteiger partial charge in [-0.15, -0.1) is 0 Å². The zero-order valence-corrected chi connectivity index (χ0v) is 21.1. The van der Waals surface area contributed by atoms with Crippen LogP contribution in [0.1, 0.15) is 34.0 Å². The van der Waals surface area contributed by atoms with Gasteiger partial charge in [-0.05, 0) is 72.5 Å². The van der Waals surface area contributed by atoms with E-state index in [0.29, 0.717) is 29.4 Å². The summed E-state index contributed by atoms with van der Waals surface area (Å²) in [7, 11) is -3.52. The van der Waals surface area contributed by atoms with Gasteiger partial charge in [-0.25, -0.2) is 8.42 Å². The number of anilines is 1. The molecule has 0 bridgehead atoms. The van der Waals surface area contributed by atoms with Gasteiger partial charge in [0, 0.05) is 10.6 Å². The van der Waals surface area contributed by atoms with E-state index in [4.69, 9.17) is 16.3 Å². The van der Waals surface area contributed by atoms with Gasteiger partial charge in [-0.2, -0.15) is 0 Å². The monoisotopic (exact) mass is 500 g/mol. The zero-order chi connectivity index (χ0) is 24.7. The van der Waals surface area contributed by atoms with Crippen molar-refractivity contribution in [2.24, 2.45) is 0 Å². The van der Waals surface area contributed by atoms with E-state index in [9.17, 15) is 13.2 Å². The van der Waals surface area contributed by atoms with Crippen LogP contribution in [0, 0.1) is 6.92 Å². The Morgan fingerprint density at radius 1 is 1.00 bits per heavy atom. The Bertz CT molecular complexity index is 1230. The van der Waals surface area contributed by atoms with Crippen LogP contribution < -0.4 is 14.4 Å². The number of sulfonamides is 1. The molecule has 0 spiro atoms. The molecule has 0 aliphatic carbocycles. The standard InChI is InChI=1S/C26H29ClN2O4S/c1-4-20-7-12-24(13-8-20)33-16-15-28-26(30)22-9-5-21(6-10-22)18-29(34(3,31)32)25-14-11-23(27)17-19(25)2/h5-14,17H,4,15-16,18H2,1-3H3,(H,28,30). The van der Waals surface area contributed by atoms with Gasteiger partial charge < -0.3 is 10.1 Å². The lowest BCUT2D eigenvalue weighted by molar-refractivity contribution is 0.0947. The minimum absolute atomic E-state index is 0.147. The molecule has 0 aliphatic heterocycles. The quantitative estimate of drug-likeness (QED) is 0.398. The van der Waals surface area contributed by atoms with Gasteiger partial charge in [0.2, 0.25) is 10.0 Å². The van der Waals surface area contributed by atoms with E-state index in [1.165, 1.54) is 16.1 Å². The summed E-state index contributed by atoms with van der Waals surface area (Å²) in [6, 6.07) is 19.9. The number of carbonyl (C=O) groups excluding carboxylic acids is 1. The Morgan fingerprint density at radius 2 is 1.65 bits per heavy atom. The molecule has 3 rings (SSSR count). The van der Waals surface area contributed by atoms with Gasteiger partial charge in [-0.1, -0.05) is 42.8 Å². The number of hydrogen-bond donors (Lipinski definition) is 1. The molecule has 6 nitrogen and oxygen atoms in total. The van der Waals surface area contributed by atoms with E-state index in [1.54, 1.807) is 42.5 Å². The fraction of sp³-hybridized carbons (Fsp3) is 0.269. The Hall–Kier alpha value is -3.03. The molecule has 180 valence electrons. The van der Waals surface area contributed by atoms with Gasteiger partial charge in [0.05, 0.1) is 25.0 Å². The first kappa shape index (κ1) is 25.6. The van der Waals surface area contributed by atoms with Crippen LogP contribution in [0.2, 0.25) is 5.02 Å². The summed E-state index contributed by atoms with van der Waals surface area (Å²) in [5.41, 5.74) is 3.82. The minimum atomic E-state index is -3.52. The summed E-state index contributed by atoms with van der Waals surface area (Å²) < 4.78 is 31.9. The van der Waals surface area contributed by atoms with E-state index in [0.717, 1.165) is 23.3 Å². The maximum absolute atomic E-state index is 12.4. The highest BCUT2D eigenvalue weighted by molar-refractivity contribution is 7.92. The molecule has 8 heteroatoms. The molecule has 0 fully saturated rings. The van der Waals surface area contributed by atoms with Gasteiger partial charge in [-0.3, -0.25) is 9.10 Å². The van der Waals surface area contributed by atoms with E-state index in [2.05, 4.69) is 12.2 Å². The molecular formula is C26H29ClN2O4S. The molecule has 0 heterocycles. The van der Waals surface area contributed by atoms with Crippen LogP contribution in [0.15, 0.2) is 66.7 Å². The number of nitrogens with zero attached hydrogens (tertiary/aromatic N) is 1. The molecule has 34 heavy (non-hydrogen) atoms. The number of ether oxygens (including phenoxy) is 1. The Balaban J connectivity index is 1.57. The maximum atomic E-state index is 12.4. The summed E-state index contributed by atoms with van der Waals surface area (Å²) in [4.78, 5) is 12.4. The van der Waals surface area contributed by atoms with Crippen molar-refractivity contribution >= 4 is 33.2 Å². The Kier molecular flexibility index (Phi) is 8.58. The van der Waals surface area contributed by atoms with Gasteiger partial charge in [0.1, 0.15) is 12.4 Å². The second-order valence-corrected chi connectivity index (χ2v) is 10.3. The van der Waals surface area contributed by atoms with Crippen LogP contribution in [-0.4, -0.2) is 33.7 Å². The third-order valence-corrected chi connectivity index (χ3v) is 6.72. The molecule has 1 N–H and O–H groups in total. The Morgan fingerprint density at radius 3 is 2.24 bits per heavy atom. The first-order valence-electron chi connectivity index (χ1n) is 11.0. The number of aryl methyl sites for hydroxylation is 2. The van der Waals surface area contributed by atoms with Crippen molar-refractivity contribution in [2.45, 2.75) is 26.8 Å². The molecule has 3 aromatic carbocycles. The van der Waals surface area contributed by atoms with Crippen LogP contribution in [0.5, 0.6) is 5.75 Å². The van der Waals surface area contributed by atoms with Crippen molar-refractivity contribution in [1.82, 2.24) is 5.32 Å². The van der Waals surface area contributed by atoms with Crippen LogP contribution >= 0.6 is 11.6 Å². The van der Waals surface area contributed by atoms with Crippen molar-refractivity contribution in [2.75, 3.05) is 23.7 Å². The molecule has 0 aliphatic rings. The number of halogens is 1. The topological polar surface area (TPSA) is 75.7 Å². The highest BCUT2D eigenvalue weighted by Crippen LogP contribution is 2.27. The predicted molar refractivity (Wildman–Crippen MR) is 137 cm³/mol. The molecule has 0 atom stereocenters. The van der Waals surface area contributed by atoms with E-state index >= 15 is 0 Å². The van der Waals surface area contributed by atoms with Crippen molar-refractivity contribution in [3.63, 3.8) is 0 Å². The average Bonchev–Trinajstić information content (AvgIpc) is 2.81. The molecule has 0 saturated carbocycles. The molecule has 3 aromatic rings. The number of amides is 1. The fourth-order valence-electron chi connectivity index (χ4n) is 3.46. The lowest BCUT2D eigenvalue weighted by Crippen LogP contribution is -2.30. The summed E-state index contributed by atoms with van der Waals surface area (Å²) in [5.74, 6) is 0.548. The summed E-state index contributed by atoms with van der Waals surface area (Å²) in [6.45, 7) is 4.79. The van der Waals surface area contributed by atoms with Crippen molar-refractivity contribution in [3.05, 3.63) is 94.0 Å². The third-order valence-electron chi connectivity index (χ3n) is 5.36. The van der Waals surface area contributed by atoms with Gasteiger partial charge in [0.15, 0.2) is 0 Å². The number of nitrogens with one attached hydrogen (secondary N) is 1. The van der Waals surface area contributed by atoms with Crippen molar-refractivity contribution in [1.29, 1.82) is 0 Å². The van der Waals surface area contributed by atoms with Crippen LogP contribution in [0.25, 0.3) is 0 Å². The number of carbonyl (C=O) groups is 1. The lowest BCUT2D eigenvalue weighted by Gasteiger charge is -2.24. The predicted octanol–water partition coefficient (Wildman–Crippen LogP) is 4.99. The van der Waals surface area contributed by atoms with E-state index in [-0.39, 0.29) is 12.5 Å². The lowest BCUT2D eigenvalue weighted by atomic mass is 10.1. The van der Waals surface area contributed by atoms with Gasteiger partial charge in [0.25, 0.3) is 5.91 Å². The molecule has 1 amide bonds. The maximum Gasteiger partial charge on any atom is 0.251 e. The third kappa shape index (κ3) is 6.98. The highest BCUT2D eigenvalue weighted by atomic mass is 35.5. The average molecular weight is 501 g/mol. The molecule has 0 saturated heterocycles. The number of benzene rings is 3. The minimum Gasteiger partial charge on any atom is -0.492 e. The van der Waals surface area contributed by atoms with E-state index < -0.39 is 10.0 Å². The van der Waals surface area contributed by atoms with Crippen molar-refractivity contribution < 1.29 is 17.9 Å². The summed E-state index contributed by atoms with van der Waals surface area (Å²) in [5, 5.41) is 3.38. The number of hydrogen-bond acceptors (Lipinski definition) is 4. The fourth-order valence-corrected chi connectivity index (χ4v) is 4.64. The van der Waals surface area contributed by atoms with Crippen LogP contribution in [0.4, 0.5) is 5.69 Å². The van der Waals surface area contributed by atoms with Crippen LogP contribution in [-0.2, 0) is 23.0 Å². The van der Waals surface area contributed by atoms with Crippen molar-refractivity contribution in [3.8, 4) is 5.75 Å². The zero-order valence-electron chi connectivity index (χ0n) is 19.5. The Labute approximate surface area is 206 Å². The normalized spacial score (nSPS) is 11.2. The van der Waals surface area contributed by atoms with Crippen LogP contribution in [0.3, 0.4) is 0 Å². The second kappa shape index (κ2) is 11.4.